The summed E-state index contributed by atoms with van der Waals surface area (Å²) < 4.78 is 5.05. The van der Waals surface area contributed by atoms with Gasteiger partial charge in [-0.1, -0.05) is 35.3 Å². The Balaban J connectivity index is 1.35. The lowest BCUT2D eigenvalue weighted by Crippen LogP contribution is -2.31. The molecule has 3 amide bonds. The van der Waals surface area contributed by atoms with Crippen molar-refractivity contribution in [1.29, 1.82) is 0 Å². The van der Waals surface area contributed by atoms with Gasteiger partial charge in [0.2, 0.25) is 11.8 Å². The van der Waals surface area contributed by atoms with Gasteiger partial charge in [0.05, 0.1) is 27.2 Å². The van der Waals surface area contributed by atoms with Crippen LogP contribution in [-0.2, 0) is 19.1 Å². The number of halogens is 2. The molecule has 8 nitrogen and oxygen atoms in total. The minimum Gasteiger partial charge on any atom is -0.452 e. The van der Waals surface area contributed by atoms with Gasteiger partial charge >= 0.3 is 5.97 Å². The van der Waals surface area contributed by atoms with E-state index in [4.69, 9.17) is 33.7 Å². The van der Waals surface area contributed by atoms with E-state index in [9.17, 15) is 19.2 Å². The third-order valence-electron chi connectivity index (χ3n) is 5.19. The highest BCUT2D eigenvalue weighted by molar-refractivity contribution is 8.00. The van der Waals surface area contributed by atoms with Crippen LogP contribution < -0.4 is 16.0 Å². The molecule has 0 saturated carbocycles. The number of hydrogen-bond donors (Lipinski definition) is 2. The molecule has 0 aliphatic carbocycles. The van der Waals surface area contributed by atoms with Crippen LogP contribution in [0.1, 0.15) is 16.8 Å². The van der Waals surface area contributed by atoms with Crippen molar-refractivity contribution >= 4 is 75.7 Å². The molecule has 36 heavy (non-hydrogen) atoms. The van der Waals surface area contributed by atoms with E-state index in [1.165, 1.54) is 48.2 Å². The van der Waals surface area contributed by atoms with Crippen LogP contribution in [0.2, 0.25) is 10.0 Å². The first kappa shape index (κ1) is 25.6. The first-order valence-corrected chi connectivity index (χ1v) is 12.3. The first-order chi connectivity index (χ1) is 17.2. The number of benzene rings is 3. The SMILES string of the molecule is Nc1ccccc1SC1CC(=O)N(c2ccc(C(=O)OCC(=O)Nc3ccc(Cl)cc3Cl)cc2)C1=O. The molecule has 4 rings (SSSR count). The zero-order chi connectivity index (χ0) is 25.8. The number of thioether (sulfide) groups is 1. The summed E-state index contributed by atoms with van der Waals surface area (Å²) in [6, 6.07) is 17.5. The van der Waals surface area contributed by atoms with Crippen molar-refractivity contribution in [3.63, 3.8) is 0 Å². The number of amides is 3. The average molecular weight is 544 g/mol. The normalized spacial score (nSPS) is 15.2. The minimum atomic E-state index is -0.744. The quantitative estimate of drug-likeness (QED) is 0.249. The zero-order valence-electron chi connectivity index (χ0n) is 18.6. The number of imide groups is 1. The van der Waals surface area contributed by atoms with Crippen molar-refractivity contribution in [3.05, 3.63) is 82.3 Å². The Morgan fingerprint density at radius 2 is 1.78 bits per heavy atom. The number of nitrogens with two attached hydrogens (primary N) is 1. The number of carbonyl (C=O) groups excluding carboxylic acids is 4. The fraction of sp³-hybridized carbons (Fsp3) is 0.120. The second-order valence-electron chi connectivity index (χ2n) is 7.71. The molecule has 1 aliphatic rings. The van der Waals surface area contributed by atoms with Crippen molar-refractivity contribution in [1.82, 2.24) is 0 Å². The Morgan fingerprint density at radius 3 is 2.47 bits per heavy atom. The van der Waals surface area contributed by atoms with Crippen LogP contribution in [0.3, 0.4) is 0 Å². The maximum absolute atomic E-state index is 12.9. The van der Waals surface area contributed by atoms with E-state index in [-0.39, 0.29) is 28.8 Å². The van der Waals surface area contributed by atoms with Gasteiger partial charge in [-0.05, 0) is 54.6 Å². The number of nitrogen functional groups attached to an aromatic ring is 1. The molecule has 184 valence electrons. The summed E-state index contributed by atoms with van der Waals surface area (Å²) in [5, 5.41) is 2.59. The third kappa shape index (κ3) is 5.81. The largest absolute Gasteiger partial charge is 0.452 e. The van der Waals surface area contributed by atoms with Crippen LogP contribution in [-0.4, -0.2) is 35.5 Å². The standard InChI is InChI=1S/C25H19Cl2N3O5S/c26-15-7-10-19(17(27)11-15)29-22(31)13-35-25(34)14-5-8-16(9-6-14)30-23(32)12-21(24(30)33)36-20-4-2-1-3-18(20)28/h1-11,21H,12-13,28H2,(H,29,31). The highest BCUT2D eigenvalue weighted by Crippen LogP contribution is 2.36. The van der Waals surface area contributed by atoms with E-state index < -0.39 is 23.7 Å². The van der Waals surface area contributed by atoms with Crippen molar-refractivity contribution in [3.8, 4) is 0 Å². The van der Waals surface area contributed by atoms with E-state index in [0.717, 1.165) is 9.80 Å². The van der Waals surface area contributed by atoms with Crippen molar-refractivity contribution in [2.45, 2.75) is 16.6 Å². The Kier molecular flexibility index (Phi) is 7.83. The molecule has 0 radical (unpaired) electrons. The topological polar surface area (TPSA) is 119 Å². The molecule has 1 saturated heterocycles. The van der Waals surface area contributed by atoms with Crippen LogP contribution in [0.4, 0.5) is 17.1 Å². The molecule has 3 N–H and O–H groups in total. The van der Waals surface area contributed by atoms with Crippen LogP contribution in [0.5, 0.6) is 0 Å². The summed E-state index contributed by atoms with van der Waals surface area (Å²) in [7, 11) is 0. The van der Waals surface area contributed by atoms with Crippen molar-refractivity contribution in [2.75, 3.05) is 22.6 Å². The van der Waals surface area contributed by atoms with Gasteiger partial charge in [-0.25, -0.2) is 9.69 Å². The summed E-state index contributed by atoms with van der Waals surface area (Å²) in [4.78, 5) is 51.7. The molecule has 11 heteroatoms. The minimum absolute atomic E-state index is 0.0361. The molecule has 1 atom stereocenters. The van der Waals surface area contributed by atoms with Gasteiger partial charge in [-0.3, -0.25) is 14.4 Å². The number of nitrogens with one attached hydrogen (secondary N) is 1. The van der Waals surface area contributed by atoms with E-state index in [0.29, 0.717) is 22.1 Å². The van der Waals surface area contributed by atoms with E-state index in [1.807, 2.05) is 6.07 Å². The maximum atomic E-state index is 12.9. The van der Waals surface area contributed by atoms with Gasteiger partial charge in [0.15, 0.2) is 6.61 Å². The number of nitrogens with zero attached hydrogens (tertiary/aromatic N) is 1. The number of hydrogen-bond acceptors (Lipinski definition) is 7. The molecule has 0 bridgehead atoms. The van der Waals surface area contributed by atoms with Crippen molar-refractivity contribution < 1.29 is 23.9 Å². The van der Waals surface area contributed by atoms with Gasteiger partial charge in [0, 0.05) is 22.0 Å². The van der Waals surface area contributed by atoms with E-state index in [2.05, 4.69) is 5.32 Å². The molecule has 0 spiro atoms. The predicted octanol–water partition coefficient (Wildman–Crippen LogP) is 4.80. The molecule has 1 heterocycles. The maximum Gasteiger partial charge on any atom is 0.338 e. The fourth-order valence-electron chi connectivity index (χ4n) is 3.45. The highest BCUT2D eigenvalue weighted by Gasteiger charge is 2.40. The lowest BCUT2D eigenvalue weighted by atomic mass is 10.2. The zero-order valence-corrected chi connectivity index (χ0v) is 20.9. The van der Waals surface area contributed by atoms with Gasteiger partial charge in [-0.15, -0.1) is 11.8 Å². The fourth-order valence-corrected chi connectivity index (χ4v) is 5.00. The molecular formula is C25H19Cl2N3O5S. The average Bonchev–Trinajstić information content (AvgIpc) is 3.13. The molecule has 0 aromatic heterocycles. The number of carbonyl (C=O) groups is 4. The summed E-state index contributed by atoms with van der Waals surface area (Å²) in [6.45, 7) is -0.538. The van der Waals surface area contributed by atoms with Gasteiger partial charge in [-0.2, -0.15) is 0 Å². The highest BCUT2D eigenvalue weighted by atomic mass is 35.5. The molecular weight excluding hydrogens is 525 g/mol. The molecule has 3 aromatic carbocycles. The summed E-state index contributed by atoms with van der Waals surface area (Å²) in [5.74, 6) is -2.04. The number of esters is 1. The smallest absolute Gasteiger partial charge is 0.338 e. The van der Waals surface area contributed by atoms with E-state index >= 15 is 0 Å². The van der Waals surface area contributed by atoms with Crippen LogP contribution in [0, 0.1) is 0 Å². The summed E-state index contributed by atoms with van der Waals surface area (Å²) in [5.41, 5.74) is 7.31. The lowest BCUT2D eigenvalue weighted by Gasteiger charge is -2.15. The predicted molar refractivity (Wildman–Crippen MR) is 139 cm³/mol. The first-order valence-electron chi connectivity index (χ1n) is 10.6. The molecule has 1 unspecified atom stereocenters. The number of rotatable bonds is 7. The number of ether oxygens (including phenoxy) is 1. The van der Waals surface area contributed by atoms with E-state index in [1.54, 1.807) is 24.3 Å². The van der Waals surface area contributed by atoms with Gasteiger partial charge in [0.1, 0.15) is 0 Å². The molecule has 3 aromatic rings. The second-order valence-corrected chi connectivity index (χ2v) is 9.80. The third-order valence-corrected chi connectivity index (χ3v) is 7.02. The summed E-state index contributed by atoms with van der Waals surface area (Å²) in [6.07, 6.45) is 0.0361. The van der Waals surface area contributed by atoms with Crippen LogP contribution in [0.15, 0.2) is 71.6 Å². The summed E-state index contributed by atoms with van der Waals surface area (Å²) >= 11 is 13.1. The van der Waals surface area contributed by atoms with Crippen molar-refractivity contribution in [2.24, 2.45) is 0 Å². The Bertz CT molecular complexity index is 1350. The number of anilines is 3. The monoisotopic (exact) mass is 543 g/mol. The van der Waals surface area contributed by atoms with Gasteiger partial charge < -0.3 is 15.8 Å². The Morgan fingerprint density at radius 1 is 1.06 bits per heavy atom. The second kappa shape index (κ2) is 11.0. The molecule has 1 aliphatic heterocycles. The van der Waals surface area contributed by atoms with Crippen LogP contribution in [0.25, 0.3) is 0 Å². The Hall–Kier alpha value is -3.53. The lowest BCUT2D eigenvalue weighted by molar-refractivity contribution is -0.121. The number of para-hydroxylation sites is 1. The molecule has 1 fully saturated rings. The Labute approximate surface area is 220 Å². The van der Waals surface area contributed by atoms with Crippen LogP contribution >= 0.6 is 35.0 Å². The van der Waals surface area contributed by atoms with Gasteiger partial charge in [0.25, 0.3) is 5.91 Å².